The number of sulfonamides is 1. The first kappa shape index (κ1) is 14.6. The Labute approximate surface area is 118 Å². The Morgan fingerprint density at radius 2 is 2.20 bits per heavy atom. The van der Waals surface area contributed by atoms with Crippen LogP contribution < -0.4 is 5.73 Å². The topological polar surface area (TPSA) is 94.1 Å². The summed E-state index contributed by atoms with van der Waals surface area (Å²) in [5, 5.41) is 4.02. The lowest BCUT2D eigenvalue weighted by Gasteiger charge is -2.17. The van der Waals surface area contributed by atoms with Crippen LogP contribution in [0.5, 0.6) is 0 Å². The molecule has 7 nitrogen and oxygen atoms in total. The summed E-state index contributed by atoms with van der Waals surface area (Å²) in [5.74, 6) is 0. The smallest absolute Gasteiger partial charge is 0.244 e. The van der Waals surface area contributed by atoms with E-state index in [2.05, 4.69) is 10.1 Å². The Kier molecular flexibility index (Phi) is 4.17. The zero-order chi connectivity index (χ0) is 14.8. The first-order chi connectivity index (χ1) is 9.45. The maximum atomic E-state index is 12.5. The lowest BCUT2D eigenvalue weighted by Crippen LogP contribution is -2.28. The predicted molar refractivity (Wildman–Crippen MR) is 74.0 cm³/mol. The van der Waals surface area contributed by atoms with Gasteiger partial charge in [0.05, 0.1) is 11.9 Å². The number of nitrogens with two attached hydrogens (primary N) is 1. The summed E-state index contributed by atoms with van der Waals surface area (Å²) in [5.41, 5.74) is 6.73. The van der Waals surface area contributed by atoms with Crippen molar-refractivity contribution in [2.75, 3.05) is 7.05 Å². The minimum atomic E-state index is -3.62. The minimum Gasteiger partial charge on any atom is -0.325 e. The van der Waals surface area contributed by atoms with Crippen LogP contribution >= 0.6 is 0 Å². The highest BCUT2D eigenvalue weighted by molar-refractivity contribution is 7.89. The molecular formula is C12H17N5O2S. The molecule has 2 aromatic rings. The van der Waals surface area contributed by atoms with Crippen LogP contribution in [0.15, 0.2) is 35.6 Å². The third-order valence-corrected chi connectivity index (χ3v) is 4.77. The van der Waals surface area contributed by atoms with Crippen LogP contribution in [0.3, 0.4) is 0 Å². The summed E-state index contributed by atoms with van der Waals surface area (Å²) in [6, 6.07) is 3.11. The average Bonchev–Trinajstić information content (AvgIpc) is 2.84. The Morgan fingerprint density at radius 3 is 2.80 bits per heavy atom. The third kappa shape index (κ3) is 2.87. The number of hydrogen-bond acceptors (Lipinski definition) is 5. The van der Waals surface area contributed by atoms with Crippen LogP contribution in [0, 0.1) is 0 Å². The summed E-state index contributed by atoms with van der Waals surface area (Å²) in [4.78, 5) is 4.16. The first-order valence-corrected chi connectivity index (χ1v) is 7.47. The SMILES string of the molecule is CN(Cc1cnn(C)c1)S(=O)(=O)c1cccnc1CN. The number of aryl methyl sites for hydroxylation is 1. The fourth-order valence-electron chi connectivity index (χ4n) is 1.87. The number of rotatable bonds is 5. The van der Waals surface area contributed by atoms with Crippen molar-refractivity contribution in [2.45, 2.75) is 18.0 Å². The van der Waals surface area contributed by atoms with E-state index in [-0.39, 0.29) is 18.0 Å². The van der Waals surface area contributed by atoms with Gasteiger partial charge in [0.25, 0.3) is 0 Å². The van der Waals surface area contributed by atoms with Gasteiger partial charge in [0, 0.05) is 45.1 Å². The molecule has 0 atom stereocenters. The van der Waals surface area contributed by atoms with Gasteiger partial charge in [-0.2, -0.15) is 9.40 Å². The molecule has 2 heterocycles. The highest BCUT2D eigenvalue weighted by Crippen LogP contribution is 2.18. The quantitative estimate of drug-likeness (QED) is 0.844. The van der Waals surface area contributed by atoms with Gasteiger partial charge in [-0.05, 0) is 12.1 Å². The number of hydrogen-bond donors (Lipinski definition) is 1. The van der Waals surface area contributed by atoms with Crippen LogP contribution in [-0.4, -0.2) is 34.5 Å². The Hall–Kier alpha value is -1.77. The van der Waals surface area contributed by atoms with Crippen molar-refractivity contribution in [1.82, 2.24) is 19.1 Å². The van der Waals surface area contributed by atoms with Gasteiger partial charge >= 0.3 is 0 Å². The van der Waals surface area contributed by atoms with Gasteiger partial charge < -0.3 is 5.73 Å². The molecule has 20 heavy (non-hydrogen) atoms. The van der Waals surface area contributed by atoms with Gasteiger partial charge in [-0.25, -0.2) is 8.42 Å². The maximum absolute atomic E-state index is 12.5. The molecule has 0 aliphatic rings. The van der Waals surface area contributed by atoms with Crippen LogP contribution in [0.1, 0.15) is 11.3 Å². The Morgan fingerprint density at radius 1 is 1.45 bits per heavy atom. The first-order valence-electron chi connectivity index (χ1n) is 6.03. The molecule has 0 radical (unpaired) electrons. The van der Waals surface area contributed by atoms with E-state index in [1.54, 1.807) is 30.2 Å². The standard InChI is InChI=1S/C12H17N5O2S/c1-16-8-10(7-15-16)9-17(2)20(18,19)12-4-3-5-14-11(12)6-13/h3-5,7-8H,6,9,13H2,1-2H3. The largest absolute Gasteiger partial charge is 0.325 e. The van der Waals surface area contributed by atoms with E-state index in [0.29, 0.717) is 5.69 Å². The molecule has 0 spiro atoms. The van der Waals surface area contributed by atoms with Crippen molar-refractivity contribution < 1.29 is 8.42 Å². The molecule has 2 aromatic heterocycles. The molecule has 2 N–H and O–H groups in total. The van der Waals surface area contributed by atoms with Crippen molar-refractivity contribution >= 4 is 10.0 Å². The fraction of sp³-hybridized carbons (Fsp3) is 0.333. The van der Waals surface area contributed by atoms with Gasteiger partial charge in [0.15, 0.2) is 0 Å². The molecule has 0 saturated heterocycles. The van der Waals surface area contributed by atoms with Crippen molar-refractivity contribution in [2.24, 2.45) is 12.8 Å². The second kappa shape index (κ2) is 5.70. The van der Waals surface area contributed by atoms with Gasteiger partial charge in [-0.1, -0.05) is 0 Å². The van der Waals surface area contributed by atoms with Crippen molar-refractivity contribution in [3.05, 3.63) is 42.0 Å². The van der Waals surface area contributed by atoms with Crippen LogP contribution in [0.25, 0.3) is 0 Å². The molecule has 0 unspecified atom stereocenters. The van der Waals surface area contributed by atoms with E-state index in [9.17, 15) is 8.42 Å². The summed E-state index contributed by atoms with van der Waals surface area (Å²) in [6.45, 7) is 0.325. The molecule has 0 aromatic carbocycles. The molecular weight excluding hydrogens is 278 g/mol. The van der Waals surface area contributed by atoms with Gasteiger partial charge in [-0.3, -0.25) is 9.67 Å². The van der Waals surface area contributed by atoms with Crippen LogP contribution in [0.4, 0.5) is 0 Å². The lowest BCUT2D eigenvalue weighted by molar-refractivity contribution is 0.465. The van der Waals surface area contributed by atoms with E-state index in [1.807, 2.05) is 0 Å². The summed E-state index contributed by atoms with van der Waals surface area (Å²) in [7, 11) is -0.310. The molecule has 0 bridgehead atoms. The third-order valence-electron chi connectivity index (χ3n) is 2.89. The normalized spacial score (nSPS) is 12.0. The molecule has 108 valence electrons. The zero-order valence-electron chi connectivity index (χ0n) is 11.4. The van der Waals surface area contributed by atoms with Crippen LogP contribution in [0.2, 0.25) is 0 Å². The molecule has 2 rings (SSSR count). The Balaban J connectivity index is 2.29. The predicted octanol–water partition coefficient (Wildman–Crippen LogP) is 0.0945. The minimum absolute atomic E-state index is 0.0795. The van der Waals surface area contributed by atoms with Gasteiger partial charge in [0.1, 0.15) is 4.90 Å². The second-order valence-electron chi connectivity index (χ2n) is 4.44. The summed E-state index contributed by atoms with van der Waals surface area (Å²) < 4.78 is 27.9. The van der Waals surface area contributed by atoms with E-state index in [0.717, 1.165) is 5.56 Å². The van der Waals surface area contributed by atoms with E-state index >= 15 is 0 Å². The van der Waals surface area contributed by atoms with Crippen LogP contribution in [-0.2, 0) is 30.2 Å². The highest BCUT2D eigenvalue weighted by atomic mass is 32.2. The highest BCUT2D eigenvalue weighted by Gasteiger charge is 2.24. The second-order valence-corrected chi connectivity index (χ2v) is 6.45. The van der Waals surface area contributed by atoms with Gasteiger partial charge in [-0.15, -0.1) is 0 Å². The number of nitrogens with zero attached hydrogens (tertiary/aromatic N) is 4. The zero-order valence-corrected chi connectivity index (χ0v) is 12.2. The fourth-order valence-corrected chi connectivity index (χ4v) is 3.21. The van der Waals surface area contributed by atoms with Crippen molar-refractivity contribution in [1.29, 1.82) is 0 Å². The lowest BCUT2D eigenvalue weighted by atomic mass is 10.3. The summed E-state index contributed by atoms with van der Waals surface area (Å²) in [6.07, 6.45) is 4.94. The van der Waals surface area contributed by atoms with Crippen molar-refractivity contribution in [3.8, 4) is 0 Å². The average molecular weight is 295 g/mol. The molecule has 0 saturated carbocycles. The van der Waals surface area contributed by atoms with E-state index < -0.39 is 10.0 Å². The van der Waals surface area contributed by atoms with Gasteiger partial charge in [0.2, 0.25) is 10.0 Å². The van der Waals surface area contributed by atoms with E-state index in [4.69, 9.17) is 5.73 Å². The summed E-state index contributed by atoms with van der Waals surface area (Å²) >= 11 is 0. The Bertz CT molecular complexity index is 695. The molecule has 0 aliphatic carbocycles. The number of pyridine rings is 1. The molecule has 0 aliphatic heterocycles. The monoisotopic (exact) mass is 295 g/mol. The molecule has 0 fully saturated rings. The van der Waals surface area contributed by atoms with Crippen molar-refractivity contribution in [3.63, 3.8) is 0 Å². The number of aromatic nitrogens is 3. The maximum Gasteiger partial charge on any atom is 0.244 e. The molecule has 8 heteroatoms. The van der Waals surface area contributed by atoms with E-state index in [1.165, 1.54) is 23.6 Å². The molecule has 0 amide bonds.